The van der Waals surface area contributed by atoms with Gasteiger partial charge in [-0.2, -0.15) is 0 Å². The van der Waals surface area contributed by atoms with Crippen molar-refractivity contribution in [2.75, 3.05) is 0 Å². The highest BCUT2D eigenvalue weighted by Crippen LogP contribution is 2.24. The molecular formula is C12H13N3O2S. The first-order valence-electron chi connectivity index (χ1n) is 5.46. The van der Waals surface area contributed by atoms with Crippen molar-refractivity contribution in [3.63, 3.8) is 0 Å². The van der Waals surface area contributed by atoms with Gasteiger partial charge in [-0.1, -0.05) is 36.0 Å². The van der Waals surface area contributed by atoms with Gasteiger partial charge in [-0.05, 0) is 19.4 Å². The van der Waals surface area contributed by atoms with Crippen LogP contribution in [0.25, 0.3) is 11.4 Å². The molecule has 0 saturated heterocycles. The van der Waals surface area contributed by atoms with E-state index >= 15 is 0 Å². The molecule has 0 fully saturated rings. The van der Waals surface area contributed by atoms with Crippen LogP contribution in [0, 0.1) is 6.92 Å². The molecule has 0 radical (unpaired) electrons. The molecule has 0 aliphatic carbocycles. The minimum absolute atomic E-state index is 0.447. The van der Waals surface area contributed by atoms with Crippen LogP contribution in [0.15, 0.2) is 29.4 Å². The Hall–Kier alpha value is -1.82. The van der Waals surface area contributed by atoms with E-state index in [0.29, 0.717) is 11.0 Å². The van der Waals surface area contributed by atoms with Crippen LogP contribution in [0.4, 0.5) is 0 Å². The van der Waals surface area contributed by atoms with Gasteiger partial charge in [-0.25, -0.2) is 4.98 Å². The third kappa shape index (κ3) is 2.70. The molecule has 0 amide bonds. The maximum atomic E-state index is 10.7. The first-order valence-corrected chi connectivity index (χ1v) is 6.34. The maximum Gasteiger partial charge on any atom is 0.316 e. The van der Waals surface area contributed by atoms with Gasteiger partial charge >= 0.3 is 5.97 Å². The number of aliphatic carboxylic acids is 1. The Labute approximate surface area is 109 Å². The average Bonchev–Trinajstić information content (AvgIpc) is 2.77. The van der Waals surface area contributed by atoms with E-state index in [4.69, 9.17) is 5.11 Å². The second-order valence-corrected chi connectivity index (χ2v) is 5.19. The molecule has 6 heteroatoms. The standard InChI is InChI=1S/C12H13N3O2S/c1-7-5-3-4-6-9(7)10-13-12(15-14-10)18-8(2)11(16)17/h3-6,8H,1-2H3,(H,16,17)(H,13,14,15)/t8-/m0/s1. The molecule has 18 heavy (non-hydrogen) atoms. The molecule has 2 N–H and O–H groups in total. The van der Waals surface area contributed by atoms with Crippen molar-refractivity contribution in [3.8, 4) is 11.4 Å². The lowest BCUT2D eigenvalue weighted by atomic mass is 10.1. The zero-order chi connectivity index (χ0) is 13.1. The van der Waals surface area contributed by atoms with Gasteiger partial charge in [0.05, 0.1) is 0 Å². The molecule has 1 aromatic carbocycles. The van der Waals surface area contributed by atoms with Crippen LogP contribution < -0.4 is 0 Å². The van der Waals surface area contributed by atoms with Gasteiger partial charge in [-0.15, -0.1) is 5.10 Å². The van der Waals surface area contributed by atoms with Crippen molar-refractivity contribution in [1.29, 1.82) is 0 Å². The van der Waals surface area contributed by atoms with Gasteiger partial charge in [0.25, 0.3) is 0 Å². The molecule has 0 aliphatic heterocycles. The van der Waals surface area contributed by atoms with E-state index in [0.717, 1.165) is 22.9 Å². The number of H-pyrrole nitrogens is 1. The molecule has 1 heterocycles. The SMILES string of the molecule is Cc1ccccc1-c1nc(S[C@@H](C)C(=O)O)n[nH]1. The fourth-order valence-electron chi connectivity index (χ4n) is 1.47. The normalized spacial score (nSPS) is 12.3. The Bertz CT molecular complexity index is 568. The highest BCUT2D eigenvalue weighted by atomic mass is 32.2. The van der Waals surface area contributed by atoms with Crippen LogP contribution in [-0.4, -0.2) is 31.5 Å². The summed E-state index contributed by atoms with van der Waals surface area (Å²) in [6.45, 7) is 3.60. The lowest BCUT2D eigenvalue weighted by Crippen LogP contribution is -2.11. The van der Waals surface area contributed by atoms with Crippen LogP contribution in [0.2, 0.25) is 0 Å². The number of carboxylic acids is 1. The number of aromatic nitrogens is 3. The fraction of sp³-hybridized carbons (Fsp3) is 0.250. The monoisotopic (exact) mass is 263 g/mol. The Kier molecular flexibility index (Phi) is 3.66. The average molecular weight is 263 g/mol. The summed E-state index contributed by atoms with van der Waals surface area (Å²) in [5, 5.41) is 15.6. The minimum Gasteiger partial charge on any atom is -0.480 e. The number of aryl methyl sites for hydroxylation is 1. The van der Waals surface area contributed by atoms with Gasteiger partial charge in [0.15, 0.2) is 5.82 Å². The number of aromatic amines is 1. The molecule has 2 aromatic rings. The molecule has 94 valence electrons. The number of hydrogen-bond donors (Lipinski definition) is 2. The highest BCUT2D eigenvalue weighted by molar-refractivity contribution is 8.00. The fourth-order valence-corrected chi connectivity index (χ4v) is 2.13. The summed E-state index contributed by atoms with van der Waals surface area (Å²) in [4.78, 5) is 15.0. The van der Waals surface area contributed by atoms with Crippen molar-refractivity contribution in [3.05, 3.63) is 29.8 Å². The van der Waals surface area contributed by atoms with Crippen LogP contribution >= 0.6 is 11.8 Å². The largest absolute Gasteiger partial charge is 0.480 e. The molecule has 0 saturated carbocycles. The van der Waals surface area contributed by atoms with Gasteiger partial charge in [-0.3, -0.25) is 9.89 Å². The topological polar surface area (TPSA) is 78.9 Å². The van der Waals surface area contributed by atoms with Crippen molar-refractivity contribution < 1.29 is 9.90 Å². The molecule has 2 rings (SSSR count). The second-order valence-electron chi connectivity index (χ2n) is 3.88. The van der Waals surface area contributed by atoms with Crippen molar-refractivity contribution in [2.45, 2.75) is 24.3 Å². The summed E-state index contributed by atoms with van der Waals surface area (Å²) in [6, 6.07) is 7.82. The zero-order valence-corrected chi connectivity index (χ0v) is 10.9. The third-order valence-corrected chi connectivity index (χ3v) is 3.44. The molecule has 0 bridgehead atoms. The van der Waals surface area contributed by atoms with E-state index in [1.54, 1.807) is 6.92 Å². The molecule has 0 unspecified atom stereocenters. The maximum absolute atomic E-state index is 10.7. The summed E-state index contributed by atoms with van der Waals surface area (Å²) < 4.78 is 0. The number of nitrogens with one attached hydrogen (secondary N) is 1. The number of carboxylic acid groups (broad SMARTS) is 1. The predicted molar refractivity (Wildman–Crippen MR) is 69.5 cm³/mol. The first-order chi connectivity index (χ1) is 8.58. The third-order valence-electron chi connectivity index (χ3n) is 2.50. The van der Waals surface area contributed by atoms with Gasteiger partial charge < -0.3 is 5.11 Å². The molecular weight excluding hydrogens is 250 g/mol. The van der Waals surface area contributed by atoms with Crippen LogP contribution in [0.1, 0.15) is 12.5 Å². The summed E-state index contributed by atoms with van der Waals surface area (Å²) in [6.07, 6.45) is 0. The van der Waals surface area contributed by atoms with E-state index in [-0.39, 0.29) is 0 Å². The molecule has 1 aromatic heterocycles. The summed E-state index contributed by atoms with van der Waals surface area (Å²) in [5.41, 5.74) is 2.07. The number of rotatable bonds is 4. The van der Waals surface area contributed by atoms with Crippen LogP contribution in [0.5, 0.6) is 0 Å². The van der Waals surface area contributed by atoms with E-state index in [2.05, 4.69) is 15.2 Å². The number of benzene rings is 1. The van der Waals surface area contributed by atoms with E-state index in [1.165, 1.54) is 0 Å². The Balaban J connectivity index is 2.21. The van der Waals surface area contributed by atoms with Gasteiger partial charge in [0, 0.05) is 5.56 Å². The number of hydrogen-bond acceptors (Lipinski definition) is 4. The summed E-state index contributed by atoms with van der Waals surface area (Å²) >= 11 is 1.12. The number of nitrogens with zero attached hydrogens (tertiary/aromatic N) is 2. The molecule has 0 spiro atoms. The summed E-state index contributed by atoms with van der Waals surface area (Å²) in [5.74, 6) is -0.213. The van der Waals surface area contributed by atoms with E-state index < -0.39 is 11.2 Å². The van der Waals surface area contributed by atoms with Gasteiger partial charge in [0.2, 0.25) is 5.16 Å². The smallest absolute Gasteiger partial charge is 0.316 e. The predicted octanol–water partition coefficient (Wildman–Crippen LogP) is 2.35. The van der Waals surface area contributed by atoms with Gasteiger partial charge in [0.1, 0.15) is 5.25 Å². The van der Waals surface area contributed by atoms with Crippen molar-refractivity contribution in [1.82, 2.24) is 15.2 Å². The van der Waals surface area contributed by atoms with Crippen molar-refractivity contribution >= 4 is 17.7 Å². The zero-order valence-electron chi connectivity index (χ0n) is 10.0. The lowest BCUT2D eigenvalue weighted by molar-refractivity contribution is -0.136. The Morgan fingerprint density at radius 2 is 2.17 bits per heavy atom. The summed E-state index contributed by atoms with van der Waals surface area (Å²) in [7, 11) is 0. The quantitative estimate of drug-likeness (QED) is 0.828. The highest BCUT2D eigenvalue weighted by Gasteiger charge is 2.16. The second kappa shape index (κ2) is 5.22. The minimum atomic E-state index is -0.873. The van der Waals surface area contributed by atoms with E-state index in [1.807, 2.05) is 31.2 Å². The number of thioether (sulfide) groups is 1. The van der Waals surface area contributed by atoms with Crippen molar-refractivity contribution in [2.24, 2.45) is 0 Å². The Morgan fingerprint density at radius 1 is 1.44 bits per heavy atom. The molecule has 1 atom stereocenters. The molecule has 0 aliphatic rings. The number of carbonyl (C=O) groups is 1. The Morgan fingerprint density at radius 3 is 2.83 bits per heavy atom. The van der Waals surface area contributed by atoms with E-state index in [9.17, 15) is 4.79 Å². The first kappa shape index (κ1) is 12.6. The van der Waals surface area contributed by atoms with Crippen LogP contribution in [-0.2, 0) is 4.79 Å². The van der Waals surface area contributed by atoms with Crippen LogP contribution in [0.3, 0.4) is 0 Å². The lowest BCUT2D eigenvalue weighted by Gasteiger charge is -2.01. The molecule has 5 nitrogen and oxygen atoms in total.